The van der Waals surface area contributed by atoms with Gasteiger partial charge in [-0.1, -0.05) is 0 Å². The van der Waals surface area contributed by atoms with Gasteiger partial charge in [-0.15, -0.1) is 0 Å². The van der Waals surface area contributed by atoms with Crippen molar-refractivity contribution in [1.29, 1.82) is 0 Å². The molecule has 1 amide bonds. The molecule has 0 radical (unpaired) electrons. The first-order valence-corrected chi connectivity index (χ1v) is 4.19. The zero-order valence-corrected chi connectivity index (χ0v) is 7.73. The highest BCUT2D eigenvalue weighted by Gasteiger charge is 2.20. The third-order valence-electron chi connectivity index (χ3n) is 1.65. The molecular formula is C7H10F2N4O2. The summed E-state index contributed by atoms with van der Waals surface area (Å²) in [5, 5.41) is 17.7. The minimum atomic E-state index is -2.65. The molecular weight excluding hydrogens is 210 g/mol. The van der Waals surface area contributed by atoms with Crippen LogP contribution in [0.4, 0.5) is 8.78 Å². The normalized spacial score (nSPS) is 10.7. The average molecular weight is 220 g/mol. The summed E-state index contributed by atoms with van der Waals surface area (Å²) in [7, 11) is 0. The smallest absolute Gasteiger partial charge is 0.276 e. The second-order valence-corrected chi connectivity index (χ2v) is 2.72. The minimum Gasteiger partial charge on any atom is -0.395 e. The topological polar surface area (TPSA) is 82.1 Å². The summed E-state index contributed by atoms with van der Waals surface area (Å²) >= 11 is 0. The lowest BCUT2D eigenvalue weighted by Gasteiger charge is -2.19. The van der Waals surface area contributed by atoms with Gasteiger partial charge in [0.05, 0.1) is 19.3 Å². The summed E-state index contributed by atoms with van der Waals surface area (Å²) in [4.78, 5) is 12.3. The zero-order chi connectivity index (χ0) is 11.3. The van der Waals surface area contributed by atoms with Gasteiger partial charge < -0.3 is 10.0 Å². The summed E-state index contributed by atoms with van der Waals surface area (Å²) in [6.07, 6.45) is -1.51. The van der Waals surface area contributed by atoms with Crippen molar-refractivity contribution in [3.63, 3.8) is 0 Å². The van der Waals surface area contributed by atoms with E-state index in [9.17, 15) is 13.6 Å². The number of rotatable bonds is 5. The van der Waals surface area contributed by atoms with Crippen molar-refractivity contribution in [3.05, 3.63) is 11.9 Å². The van der Waals surface area contributed by atoms with E-state index in [1.165, 1.54) is 0 Å². The van der Waals surface area contributed by atoms with E-state index in [1.807, 2.05) is 0 Å². The van der Waals surface area contributed by atoms with Gasteiger partial charge in [-0.3, -0.25) is 4.79 Å². The number of nitrogens with one attached hydrogen (secondary N) is 1. The Morgan fingerprint density at radius 1 is 1.67 bits per heavy atom. The maximum atomic E-state index is 12.1. The van der Waals surface area contributed by atoms with E-state index >= 15 is 0 Å². The van der Waals surface area contributed by atoms with E-state index < -0.39 is 18.9 Å². The zero-order valence-electron chi connectivity index (χ0n) is 7.73. The molecule has 1 heterocycles. The van der Waals surface area contributed by atoms with E-state index in [2.05, 4.69) is 15.4 Å². The van der Waals surface area contributed by atoms with Crippen molar-refractivity contribution in [2.75, 3.05) is 19.7 Å². The van der Waals surface area contributed by atoms with E-state index in [4.69, 9.17) is 5.11 Å². The molecule has 0 bridgehead atoms. The molecule has 6 nitrogen and oxygen atoms in total. The third-order valence-corrected chi connectivity index (χ3v) is 1.65. The maximum absolute atomic E-state index is 12.1. The Bertz CT molecular complexity index is 304. The molecule has 84 valence electrons. The summed E-state index contributed by atoms with van der Waals surface area (Å²) < 4.78 is 24.2. The van der Waals surface area contributed by atoms with Crippen molar-refractivity contribution >= 4 is 5.91 Å². The van der Waals surface area contributed by atoms with Crippen LogP contribution in [0.1, 0.15) is 10.5 Å². The van der Waals surface area contributed by atoms with Crippen molar-refractivity contribution < 1.29 is 18.7 Å². The lowest BCUT2D eigenvalue weighted by molar-refractivity contribution is 0.0504. The molecule has 15 heavy (non-hydrogen) atoms. The van der Waals surface area contributed by atoms with Gasteiger partial charge in [0.25, 0.3) is 12.3 Å². The molecule has 8 heteroatoms. The van der Waals surface area contributed by atoms with Gasteiger partial charge in [0.2, 0.25) is 0 Å². The van der Waals surface area contributed by atoms with Gasteiger partial charge in [0.1, 0.15) is 0 Å². The van der Waals surface area contributed by atoms with Crippen LogP contribution in [0.2, 0.25) is 0 Å². The average Bonchev–Trinajstić information content (AvgIpc) is 2.68. The van der Waals surface area contributed by atoms with Crippen LogP contribution in [0.25, 0.3) is 0 Å². The van der Waals surface area contributed by atoms with E-state index in [0.29, 0.717) is 0 Å². The number of aromatic nitrogens is 3. The second kappa shape index (κ2) is 5.35. The second-order valence-electron chi connectivity index (χ2n) is 2.72. The van der Waals surface area contributed by atoms with Gasteiger partial charge in [0.15, 0.2) is 5.69 Å². The van der Waals surface area contributed by atoms with Crippen LogP contribution < -0.4 is 0 Å². The highest BCUT2D eigenvalue weighted by molar-refractivity contribution is 5.91. The Labute approximate surface area is 83.9 Å². The van der Waals surface area contributed by atoms with Crippen molar-refractivity contribution in [3.8, 4) is 0 Å². The number of alkyl halides is 2. The van der Waals surface area contributed by atoms with Crippen LogP contribution in [0.5, 0.6) is 0 Å². The number of amides is 1. The number of aromatic amines is 1. The number of carbonyl (C=O) groups excluding carboxylic acids is 1. The van der Waals surface area contributed by atoms with Gasteiger partial charge in [0, 0.05) is 6.54 Å². The Morgan fingerprint density at radius 3 is 2.87 bits per heavy atom. The van der Waals surface area contributed by atoms with Crippen LogP contribution in [0.3, 0.4) is 0 Å². The van der Waals surface area contributed by atoms with Gasteiger partial charge >= 0.3 is 0 Å². The lowest BCUT2D eigenvalue weighted by atomic mass is 10.3. The molecule has 0 aliphatic carbocycles. The van der Waals surface area contributed by atoms with Gasteiger partial charge in [-0.25, -0.2) is 8.78 Å². The van der Waals surface area contributed by atoms with E-state index in [-0.39, 0.29) is 18.8 Å². The number of carbonyl (C=O) groups is 1. The number of halogens is 2. The fourth-order valence-electron chi connectivity index (χ4n) is 1.03. The first-order valence-electron chi connectivity index (χ1n) is 4.19. The molecule has 1 aromatic heterocycles. The van der Waals surface area contributed by atoms with Gasteiger partial charge in [-0.05, 0) is 0 Å². The molecule has 1 aromatic rings. The largest absolute Gasteiger partial charge is 0.395 e. The first-order chi connectivity index (χ1) is 7.15. The predicted molar refractivity (Wildman–Crippen MR) is 45.4 cm³/mol. The molecule has 0 saturated heterocycles. The fourth-order valence-corrected chi connectivity index (χ4v) is 1.03. The molecule has 1 rings (SSSR count). The van der Waals surface area contributed by atoms with Crippen LogP contribution in [-0.2, 0) is 0 Å². The standard InChI is InChI=1S/C7H10F2N4O2/c8-6(9)4-13(1-2-14)7(15)5-3-10-12-11-5/h3,6,14H,1-2,4H2,(H,10,11,12). The lowest BCUT2D eigenvalue weighted by Crippen LogP contribution is -2.37. The van der Waals surface area contributed by atoms with Crippen LogP contribution in [0, 0.1) is 0 Å². The number of aliphatic hydroxyl groups excluding tert-OH is 1. The van der Waals surface area contributed by atoms with E-state index in [1.54, 1.807) is 0 Å². The molecule has 0 aliphatic rings. The summed E-state index contributed by atoms with van der Waals surface area (Å²) in [6, 6.07) is 0. The van der Waals surface area contributed by atoms with E-state index in [0.717, 1.165) is 11.1 Å². The molecule has 0 spiro atoms. The highest BCUT2D eigenvalue weighted by Crippen LogP contribution is 2.03. The SMILES string of the molecule is O=C(c1cn[nH]n1)N(CCO)CC(F)F. The summed E-state index contributed by atoms with van der Waals surface area (Å²) in [6.45, 7) is -1.27. The Kier molecular flexibility index (Phi) is 4.10. The molecule has 0 saturated carbocycles. The van der Waals surface area contributed by atoms with Crippen LogP contribution in [0.15, 0.2) is 6.20 Å². The molecule has 0 unspecified atom stereocenters. The van der Waals surface area contributed by atoms with Gasteiger partial charge in [-0.2, -0.15) is 15.4 Å². The minimum absolute atomic E-state index is 0.0518. The molecule has 0 aliphatic heterocycles. The third kappa shape index (κ3) is 3.24. The molecule has 0 atom stereocenters. The van der Waals surface area contributed by atoms with Crippen molar-refractivity contribution in [2.24, 2.45) is 0 Å². The number of hydrogen-bond donors (Lipinski definition) is 2. The van der Waals surface area contributed by atoms with Crippen molar-refractivity contribution in [2.45, 2.75) is 6.43 Å². The monoisotopic (exact) mass is 220 g/mol. The predicted octanol–water partition coefficient (Wildman–Crippen LogP) is -0.496. The molecule has 0 aromatic carbocycles. The Morgan fingerprint density at radius 2 is 2.40 bits per heavy atom. The maximum Gasteiger partial charge on any atom is 0.276 e. The molecule has 2 N–H and O–H groups in total. The number of nitrogens with zero attached hydrogens (tertiary/aromatic N) is 3. The van der Waals surface area contributed by atoms with Crippen LogP contribution >= 0.6 is 0 Å². The first kappa shape index (κ1) is 11.5. The molecule has 0 fully saturated rings. The number of aliphatic hydroxyl groups is 1. The quantitative estimate of drug-likeness (QED) is 0.701. The highest BCUT2D eigenvalue weighted by atomic mass is 19.3. The van der Waals surface area contributed by atoms with Crippen molar-refractivity contribution in [1.82, 2.24) is 20.3 Å². The summed E-state index contributed by atoms with van der Waals surface area (Å²) in [5.41, 5.74) is -0.0518. The summed E-state index contributed by atoms with van der Waals surface area (Å²) in [5.74, 6) is -0.682. The number of hydrogen-bond acceptors (Lipinski definition) is 4. The fraction of sp³-hybridized carbons (Fsp3) is 0.571. The van der Waals surface area contributed by atoms with Crippen LogP contribution in [-0.4, -0.2) is 57.4 Å². The Hall–Kier alpha value is -1.57. The Balaban J connectivity index is 2.67. The number of H-pyrrole nitrogens is 1.